The van der Waals surface area contributed by atoms with Crippen LogP contribution in [-0.4, -0.2) is 52.4 Å². The van der Waals surface area contributed by atoms with Gasteiger partial charge in [0.15, 0.2) is 0 Å². The van der Waals surface area contributed by atoms with Gasteiger partial charge in [-0.15, -0.1) is 0 Å². The molecular formula is C21H37O8P. The molecule has 174 valence electrons. The minimum atomic E-state index is -4.63. The molecule has 0 bridgehead atoms. The highest BCUT2D eigenvalue weighted by Gasteiger charge is 2.35. The molecule has 1 saturated heterocycles. The van der Waals surface area contributed by atoms with Gasteiger partial charge in [0.1, 0.15) is 12.7 Å². The van der Waals surface area contributed by atoms with Crippen molar-refractivity contribution in [3.05, 3.63) is 24.3 Å². The molecule has 1 fully saturated rings. The highest BCUT2D eigenvalue weighted by atomic mass is 31.2. The van der Waals surface area contributed by atoms with E-state index in [4.69, 9.17) is 19.3 Å². The van der Waals surface area contributed by atoms with Crippen LogP contribution < -0.4 is 0 Å². The fourth-order valence-electron chi connectivity index (χ4n) is 2.89. The summed E-state index contributed by atoms with van der Waals surface area (Å²) in [6.07, 6.45) is 17.7. The Kier molecular flexibility index (Phi) is 14.2. The first kappa shape index (κ1) is 27.0. The van der Waals surface area contributed by atoms with Gasteiger partial charge in [-0.05, 0) is 38.5 Å². The fraction of sp³-hybridized carbons (Fsp3) is 0.762. The van der Waals surface area contributed by atoms with Crippen LogP contribution in [0.3, 0.4) is 0 Å². The van der Waals surface area contributed by atoms with Crippen molar-refractivity contribution < 1.29 is 38.3 Å². The molecule has 0 aromatic carbocycles. The van der Waals surface area contributed by atoms with E-state index in [0.717, 1.165) is 57.8 Å². The summed E-state index contributed by atoms with van der Waals surface area (Å²) in [4.78, 5) is 28.6. The highest BCUT2D eigenvalue weighted by Crippen LogP contribution is 2.35. The van der Waals surface area contributed by atoms with Gasteiger partial charge in [0.2, 0.25) is 0 Å². The van der Waals surface area contributed by atoms with E-state index in [-0.39, 0.29) is 13.0 Å². The summed E-state index contributed by atoms with van der Waals surface area (Å²) in [5, 5.41) is 9.42. The zero-order chi connectivity index (χ0) is 22.2. The Hall–Kier alpha value is -1.02. The fourth-order valence-corrected chi connectivity index (χ4v) is 3.26. The number of unbranched alkanes of at least 4 members (excludes halogenated alkanes) is 5. The molecule has 1 aliphatic heterocycles. The van der Waals surface area contributed by atoms with Crippen molar-refractivity contribution in [2.75, 3.05) is 13.2 Å². The van der Waals surface area contributed by atoms with Gasteiger partial charge in [-0.25, -0.2) is 4.57 Å². The maximum absolute atomic E-state index is 11.6. The molecule has 1 heterocycles. The molecule has 0 spiro atoms. The molecule has 3 N–H and O–H groups in total. The third-order valence-electron chi connectivity index (χ3n) is 4.62. The van der Waals surface area contributed by atoms with Gasteiger partial charge in [-0.3, -0.25) is 9.32 Å². The number of carbonyl (C=O) groups excluding carboxylic acids is 1. The van der Waals surface area contributed by atoms with Gasteiger partial charge in [0, 0.05) is 6.42 Å². The predicted octanol–water partition coefficient (Wildman–Crippen LogP) is 3.80. The summed E-state index contributed by atoms with van der Waals surface area (Å²) in [6, 6.07) is 0. The second-order valence-corrected chi connectivity index (χ2v) is 8.70. The van der Waals surface area contributed by atoms with E-state index >= 15 is 0 Å². The number of esters is 1. The SMILES string of the molecule is CC/C=C\CC1OC1C/C=C\CCCCCCCC(=O)OCC(O)COP(=O)(O)O. The predicted molar refractivity (Wildman–Crippen MR) is 114 cm³/mol. The summed E-state index contributed by atoms with van der Waals surface area (Å²) < 4.78 is 25.1. The van der Waals surface area contributed by atoms with Gasteiger partial charge in [-0.1, -0.05) is 50.5 Å². The van der Waals surface area contributed by atoms with Crippen molar-refractivity contribution >= 4 is 13.8 Å². The van der Waals surface area contributed by atoms with E-state index in [1.807, 2.05) is 0 Å². The van der Waals surface area contributed by atoms with Gasteiger partial charge in [-0.2, -0.15) is 0 Å². The van der Waals surface area contributed by atoms with E-state index in [1.54, 1.807) is 0 Å². The maximum Gasteiger partial charge on any atom is 0.469 e. The first-order valence-corrected chi connectivity index (χ1v) is 12.3. The average Bonchev–Trinajstić information content (AvgIpc) is 3.44. The number of phosphoric ester groups is 1. The van der Waals surface area contributed by atoms with Crippen LogP contribution in [0.2, 0.25) is 0 Å². The molecule has 0 aromatic rings. The standard InChI is InChI=1S/C21H37O8P/c1-2-3-10-13-19-20(29-19)14-11-8-6-4-5-7-9-12-15-21(23)27-16-18(22)17-28-30(24,25)26/h3,8,10-11,18-20,22H,2,4-7,9,12-17H2,1H3,(H2,24,25,26)/b10-3-,11-8-. The zero-order valence-corrected chi connectivity index (χ0v) is 18.8. The molecule has 3 unspecified atom stereocenters. The number of aliphatic hydroxyl groups is 1. The van der Waals surface area contributed by atoms with Crippen LogP contribution in [0.5, 0.6) is 0 Å². The van der Waals surface area contributed by atoms with Crippen LogP contribution in [0.25, 0.3) is 0 Å². The Balaban J connectivity index is 1.87. The molecule has 8 nitrogen and oxygen atoms in total. The van der Waals surface area contributed by atoms with Crippen molar-refractivity contribution in [1.29, 1.82) is 0 Å². The molecular weight excluding hydrogens is 411 g/mol. The Morgan fingerprint density at radius 3 is 2.30 bits per heavy atom. The second kappa shape index (κ2) is 15.7. The van der Waals surface area contributed by atoms with Crippen molar-refractivity contribution in [3.63, 3.8) is 0 Å². The van der Waals surface area contributed by atoms with Crippen LogP contribution in [0, 0.1) is 0 Å². The van der Waals surface area contributed by atoms with Gasteiger partial charge < -0.3 is 24.4 Å². The average molecular weight is 448 g/mol. The van der Waals surface area contributed by atoms with Gasteiger partial charge >= 0.3 is 13.8 Å². The smallest absolute Gasteiger partial charge is 0.463 e. The molecule has 9 heteroatoms. The van der Waals surface area contributed by atoms with E-state index in [2.05, 4.69) is 35.8 Å². The molecule has 0 aliphatic carbocycles. The Bertz CT molecular complexity index is 571. The number of rotatable bonds is 18. The third-order valence-corrected chi connectivity index (χ3v) is 5.10. The normalized spacial score (nSPS) is 20.1. The summed E-state index contributed by atoms with van der Waals surface area (Å²) in [5.74, 6) is -0.432. The van der Waals surface area contributed by atoms with E-state index in [0.29, 0.717) is 12.2 Å². The molecule has 0 saturated carbocycles. The number of hydrogen-bond acceptors (Lipinski definition) is 6. The molecule has 1 aliphatic rings. The number of epoxide rings is 1. The van der Waals surface area contributed by atoms with Crippen molar-refractivity contribution in [2.45, 2.75) is 89.4 Å². The van der Waals surface area contributed by atoms with Crippen LogP contribution in [-0.2, 0) is 23.4 Å². The van der Waals surface area contributed by atoms with Crippen LogP contribution >= 0.6 is 7.82 Å². The first-order valence-electron chi connectivity index (χ1n) is 10.8. The largest absolute Gasteiger partial charge is 0.469 e. The Labute approximate surface area is 179 Å². The number of aliphatic hydroxyl groups excluding tert-OH is 1. The molecule has 1 rings (SSSR count). The summed E-state index contributed by atoms with van der Waals surface area (Å²) in [6.45, 7) is 1.20. The highest BCUT2D eigenvalue weighted by molar-refractivity contribution is 7.46. The number of allylic oxidation sites excluding steroid dienone is 2. The number of carbonyl (C=O) groups is 1. The monoisotopic (exact) mass is 448 g/mol. The Morgan fingerprint density at radius 1 is 1.00 bits per heavy atom. The molecule has 0 amide bonds. The minimum absolute atomic E-state index is 0.266. The number of hydrogen-bond donors (Lipinski definition) is 3. The van der Waals surface area contributed by atoms with Crippen molar-refractivity contribution in [3.8, 4) is 0 Å². The van der Waals surface area contributed by atoms with Crippen molar-refractivity contribution in [2.24, 2.45) is 0 Å². The Morgan fingerprint density at radius 2 is 1.63 bits per heavy atom. The van der Waals surface area contributed by atoms with Crippen LogP contribution in [0.1, 0.15) is 71.1 Å². The topological polar surface area (TPSA) is 126 Å². The molecule has 3 atom stereocenters. The van der Waals surface area contributed by atoms with Crippen molar-refractivity contribution in [1.82, 2.24) is 0 Å². The second-order valence-electron chi connectivity index (χ2n) is 7.47. The molecule has 0 aromatic heterocycles. The van der Waals surface area contributed by atoms with Gasteiger partial charge in [0.05, 0.1) is 18.8 Å². The minimum Gasteiger partial charge on any atom is -0.463 e. The van der Waals surface area contributed by atoms with E-state index < -0.39 is 26.5 Å². The summed E-state index contributed by atoms with van der Waals surface area (Å²) >= 11 is 0. The van der Waals surface area contributed by atoms with Crippen LogP contribution in [0.15, 0.2) is 24.3 Å². The summed E-state index contributed by atoms with van der Waals surface area (Å²) in [5.41, 5.74) is 0. The zero-order valence-electron chi connectivity index (χ0n) is 17.9. The van der Waals surface area contributed by atoms with Gasteiger partial charge in [0.25, 0.3) is 0 Å². The number of ether oxygens (including phenoxy) is 2. The quantitative estimate of drug-likeness (QED) is 0.0950. The lowest BCUT2D eigenvalue weighted by Gasteiger charge is -2.12. The first-order chi connectivity index (χ1) is 14.3. The lowest BCUT2D eigenvalue weighted by Crippen LogP contribution is -2.23. The maximum atomic E-state index is 11.6. The molecule has 30 heavy (non-hydrogen) atoms. The number of phosphoric acid groups is 1. The molecule has 0 radical (unpaired) electrons. The lowest BCUT2D eigenvalue weighted by atomic mass is 10.1. The lowest BCUT2D eigenvalue weighted by molar-refractivity contribution is -0.147. The van der Waals surface area contributed by atoms with Crippen LogP contribution in [0.4, 0.5) is 0 Å². The summed E-state index contributed by atoms with van der Waals surface area (Å²) in [7, 11) is -4.63. The third kappa shape index (κ3) is 15.8. The van der Waals surface area contributed by atoms with E-state index in [9.17, 15) is 14.5 Å². The van der Waals surface area contributed by atoms with E-state index in [1.165, 1.54) is 0 Å².